The first-order chi connectivity index (χ1) is 28.7. The van der Waals surface area contributed by atoms with Gasteiger partial charge in [-0.2, -0.15) is 0 Å². The van der Waals surface area contributed by atoms with Crippen molar-refractivity contribution in [1.82, 2.24) is 18.9 Å². The summed E-state index contributed by atoms with van der Waals surface area (Å²) in [6.45, 7) is 4.61. The molecule has 5 aromatic heterocycles. The fraction of sp³-hybridized carbons (Fsp3) is 0.120. The number of nitrogens with zero attached hydrogens (tertiary/aromatic N) is 4. The Labute approximate surface area is 356 Å². The molecule has 0 N–H and O–H groups in total. The van der Waals surface area contributed by atoms with Gasteiger partial charge in [-0.25, -0.2) is 4.98 Å². The van der Waals surface area contributed by atoms with E-state index in [-0.39, 0.29) is 42.4 Å². The second kappa shape index (κ2) is 14.7. The van der Waals surface area contributed by atoms with Gasteiger partial charge in [0, 0.05) is 22.4 Å². The second-order valence-corrected chi connectivity index (χ2v) is 20.5. The Morgan fingerprint density at radius 1 is 0.586 bits per heavy atom. The van der Waals surface area contributed by atoms with Gasteiger partial charge in [0.1, 0.15) is 17.0 Å². The van der Waals surface area contributed by atoms with Crippen molar-refractivity contribution in [3.05, 3.63) is 153 Å². The van der Waals surface area contributed by atoms with Crippen LogP contribution in [0.15, 0.2) is 150 Å². The molecule has 0 saturated carbocycles. The van der Waals surface area contributed by atoms with Crippen molar-refractivity contribution in [3.63, 3.8) is 0 Å². The van der Waals surface area contributed by atoms with E-state index >= 15 is 0 Å². The SMILES string of the molecule is CCC[I-]c1cccc([I-]CCC)c1-c1cnc2c3cc(Oc4ccc5c6ccc7oc8ccccc8c7c6n(-c6ccccn6)c5c4)ccc3c3ccccc3n12. The summed E-state index contributed by atoms with van der Waals surface area (Å²) in [6.07, 6.45) is 6.41. The Hall–Kier alpha value is -5.46. The predicted molar refractivity (Wildman–Crippen MR) is 229 cm³/mol. The molecule has 0 fully saturated rings. The van der Waals surface area contributed by atoms with Crippen LogP contribution in [0.4, 0.5) is 0 Å². The Morgan fingerprint density at radius 2 is 1.29 bits per heavy atom. The molecular weight excluding hydrogens is 942 g/mol. The number of alkyl halides is 2. The molecule has 0 spiro atoms. The number of hydrogen-bond acceptors (Lipinski definition) is 4. The van der Waals surface area contributed by atoms with Crippen LogP contribution in [0.3, 0.4) is 0 Å². The molecule has 0 radical (unpaired) electrons. The van der Waals surface area contributed by atoms with Gasteiger partial charge in [-0.3, -0.25) is 4.57 Å². The quantitative estimate of drug-likeness (QED) is 0.0858. The van der Waals surface area contributed by atoms with E-state index < -0.39 is 0 Å². The number of furan rings is 1. The number of rotatable bonds is 10. The third kappa shape index (κ3) is 5.78. The van der Waals surface area contributed by atoms with Crippen molar-refractivity contribution in [3.8, 4) is 28.6 Å². The second-order valence-electron chi connectivity index (χ2n) is 14.5. The number of fused-ring (bicyclic) bond motifs is 13. The zero-order valence-corrected chi connectivity index (χ0v) is 36.4. The summed E-state index contributed by atoms with van der Waals surface area (Å²) < 4.78 is 23.5. The van der Waals surface area contributed by atoms with Crippen molar-refractivity contribution in [2.24, 2.45) is 0 Å². The van der Waals surface area contributed by atoms with Crippen LogP contribution in [0.2, 0.25) is 0 Å². The fourth-order valence-corrected chi connectivity index (χ4v) is 14.0. The Bertz CT molecular complexity index is 3340. The standard InChI is InChI=1S/C50H38I2N4O2/c1-3-25-51-39-14-11-15-40(52-26-4-2)48(39)43-30-54-50-38-28-31(19-21-33(38)34-12-5-7-16-41(34)55(43)50)57-32-20-22-35-36-23-24-45-47(37-13-6-8-17-44(37)58-45)49(36)56(42(35)29-32)46-18-9-10-27-53-46/h5-24,27-30H,3-4,25-26H2,1-2H3/q-2. The molecule has 0 saturated heterocycles. The van der Waals surface area contributed by atoms with E-state index in [0.717, 1.165) is 72.1 Å². The summed E-state index contributed by atoms with van der Waals surface area (Å²) in [6, 6.07) is 47.3. The molecule has 0 aliphatic rings. The molecule has 6 aromatic carbocycles. The third-order valence-corrected chi connectivity index (χ3v) is 17.5. The topological polar surface area (TPSA) is 57.5 Å². The maximum atomic E-state index is 6.82. The predicted octanol–water partition coefficient (Wildman–Crippen LogP) is 6.83. The van der Waals surface area contributed by atoms with E-state index in [1.165, 1.54) is 56.4 Å². The number of pyridine rings is 2. The van der Waals surface area contributed by atoms with Gasteiger partial charge in [0.05, 0.1) is 10.9 Å². The van der Waals surface area contributed by atoms with Crippen molar-refractivity contribution in [1.29, 1.82) is 0 Å². The van der Waals surface area contributed by atoms with E-state index in [1.807, 2.05) is 30.5 Å². The first-order valence-corrected chi connectivity index (χ1v) is 25.0. The Morgan fingerprint density at radius 3 is 2.09 bits per heavy atom. The van der Waals surface area contributed by atoms with Gasteiger partial charge in [0.2, 0.25) is 0 Å². The van der Waals surface area contributed by atoms with Crippen molar-refractivity contribution in [2.45, 2.75) is 26.7 Å². The number of benzene rings is 6. The van der Waals surface area contributed by atoms with Crippen LogP contribution in [-0.2, 0) is 0 Å². The molecule has 8 heteroatoms. The normalized spacial score (nSPS) is 12.2. The van der Waals surface area contributed by atoms with Crippen LogP contribution in [0.1, 0.15) is 26.7 Å². The number of aromatic nitrogens is 4. The average molecular weight is 981 g/mol. The average Bonchev–Trinajstić information content (AvgIpc) is 3.97. The summed E-state index contributed by atoms with van der Waals surface area (Å²) in [5, 5.41) is 7.88. The van der Waals surface area contributed by atoms with Crippen molar-refractivity contribution < 1.29 is 51.6 Å². The molecule has 0 amide bonds. The summed E-state index contributed by atoms with van der Waals surface area (Å²) in [5.74, 6) is 2.35. The molecule has 5 heterocycles. The Balaban J connectivity index is 1.09. The number of imidazole rings is 1. The van der Waals surface area contributed by atoms with Crippen LogP contribution < -0.4 is 47.1 Å². The van der Waals surface area contributed by atoms with Gasteiger partial charge >= 0.3 is 240 Å². The van der Waals surface area contributed by atoms with Crippen LogP contribution in [0.5, 0.6) is 11.5 Å². The summed E-state index contributed by atoms with van der Waals surface area (Å²) in [4.78, 5) is 10.1. The molecule has 58 heavy (non-hydrogen) atoms. The van der Waals surface area contributed by atoms with Crippen LogP contribution in [-0.4, -0.2) is 27.8 Å². The number of para-hydroxylation sites is 2. The first kappa shape index (κ1) is 35.7. The van der Waals surface area contributed by atoms with E-state index in [4.69, 9.17) is 19.1 Å². The first-order valence-electron chi connectivity index (χ1n) is 19.8. The molecule has 0 bridgehead atoms. The van der Waals surface area contributed by atoms with Gasteiger partial charge in [0.25, 0.3) is 0 Å². The number of hydrogen-bond donors (Lipinski definition) is 0. The van der Waals surface area contributed by atoms with E-state index in [1.54, 1.807) is 0 Å². The van der Waals surface area contributed by atoms with Gasteiger partial charge in [-0.05, 0) is 30.3 Å². The van der Waals surface area contributed by atoms with E-state index in [2.05, 4.69) is 138 Å². The zero-order chi connectivity index (χ0) is 38.7. The number of ether oxygens (including phenoxy) is 1. The molecular formula is C50H38I2N4O2-2. The Kier molecular flexibility index (Phi) is 9.06. The molecule has 0 atom stereocenters. The maximum absolute atomic E-state index is 6.82. The van der Waals surface area contributed by atoms with Gasteiger partial charge < -0.3 is 4.42 Å². The molecule has 11 aromatic rings. The zero-order valence-electron chi connectivity index (χ0n) is 32.0. The molecule has 6 nitrogen and oxygen atoms in total. The van der Waals surface area contributed by atoms with Crippen molar-refractivity contribution >= 4 is 71.1 Å². The van der Waals surface area contributed by atoms with Crippen LogP contribution >= 0.6 is 0 Å². The van der Waals surface area contributed by atoms with E-state index in [9.17, 15) is 0 Å². The summed E-state index contributed by atoms with van der Waals surface area (Å²) in [7, 11) is 0. The minimum atomic E-state index is -0.111. The minimum absolute atomic E-state index is 0.111. The fourth-order valence-electron chi connectivity index (χ4n) is 8.44. The molecule has 286 valence electrons. The molecule has 0 aliphatic heterocycles. The van der Waals surface area contributed by atoms with Gasteiger partial charge in [0.15, 0.2) is 0 Å². The monoisotopic (exact) mass is 980 g/mol. The van der Waals surface area contributed by atoms with Gasteiger partial charge in [-0.15, -0.1) is 0 Å². The molecule has 11 rings (SSSR count). The summed E-state index contributed by atoms with van der Waals surface area (Å²) >= 11 is -0.222. The summed E-state index contributed by atoms with van der Waals surface area (Å²) in [5.41, 5.74) is 8.60. The van der Waals surface area contributed by atoms with Crippen LogP contribution in [0, 0.1) is 7.14 Å². The van der Waals surface area contributed by atoms with Crippen molar-refractivity contribution in [2.75, 3.05) is 8.86 Å². The van der Waals surface area contributed by atoms with E-state index in [0.29, 0.717) is 0 Å². The van der Waals surface area contributed by atoms with Gasteiger partial charge in [-0.1, -0.05) is 24.3 Å². The molecule has 0 unspecified atom stereocenters. The molecule has 0 aliphatic carbocycles. The number of halogens is 2. The third-order valence-electron chi connectivity index (χ3n) is 10.9. The van der Waals surface area contributed by atoms with Crippen LogP contribution in [0.25, 0.3) is 88.1 Å².